The quantitative estimate of drug-likeness (QED) is 0.754. The number of rotatable bonds is 6. The second-order valence-corrected chi connectivity index (χ2v) is 8.68. The zero-order valence-electron chi connectivity index (χ0n) is 14.3. The Morgan fingerprint density at radius 1 is 0.920 bits per heavy atom. The van der Waals surface area contributed by atoms with E-state index in [-0.39, 0.29) is 12.4 Å². The normalized spacial score (nSPS) is 16.2. The van der Waals surface area contributed by atoms with Crippen molar-refractivity contribution in [1.29, 1.82) is 0 Å². The molecule has 5 heteroatoms. The zero-order chi connectivity index (χ0) is 17.7. The summed E-state index contributed by atoms with van der Waals surface area (Å²) in [7, 11) is -3.57. The molecule has 0 saturated heterocycles. The van der Waals surface area contributed by atoms with E-state index < -0.39 is 10.0 Å². The van der Waals surface area contributed by atoms with Gasteiger partial charge in [0.2, 0.25) is 10.0 Å². The number of hydrogen-bond donors (Lipinski definition) is 0. The molecule has 0 radical (unpaired) electrons. The van der Waals surface area contributed by atoms with Crippen molar-refractivity contribution >= 4 is 10.0 Å². The Morgan fingerprint density at radius 2 is 1.56 bits per heavy atom. The summed E-state index contributed by atoms with van der Waals surface area (Å²) in [4.78, 5) is 0.313. The zero-order valence-corrected chi connectivity index (χ0v) is 15.1. The third-order valence-corrected chi connectivity index (χ3v) is 6.67. The van der Waals surface area contributed by atoms with E-state index in [2.05, 4.69) is 0 Å². The third kappa shape index (κ3) is 4.67. The van der Waals surface area contributed by atoms with Crippen LogP contribution < -0.4 is 0 Å². The topological polar surface area (TPSA) is 37.4 Å². The molecule has 0 aromatic heterocycles. The average molecular weight is 361 g/mol. The highest BCUT2D eigenvalue weighted by Gasteiger charge is 2.28. The second kappa shape index (κ2) is 8.11. The van der Waals surface area contributed by atoms with Gasteiger partial charge < -0.3 is 0 Å². The van der Waals surface area contributed by atoms with Gasteiger partial charge in [-0.2, -0.15) is 4.31 Å². The molecule has 25 heavy (non-hydrogen) atoms. The van der Waals surface area contributed by atoms with Crippen molar-refractivity contribution < 1.29 is 12.8 Å². The third-order valence-electron chi connectivity index (χ3n) is 4.84. The van der Waals surface area contributed by atoms with Crippen molar-refractivity contribution in [2.45, 2.75) is 43.5 Å². The van der Waals surface area contributed by atoms with Gasteiger partial charge in [-0.25, -0.2) is 12.8 Å². The van der Waals surface area contributed by atoms with E-state index in [1.807, 2.05) is 6.07 Å². The second-order valence-electron chi connectivity index (χ2n) is 6.74. The summed E-state index contributed by atoms with van der Waals surface area (Å²) in [5, 5.41) is 0. The Morgan fingerprint density at radius 3 is 2.20 bits per heavy atom. The van der Waals surface area contributed by atoms with Crippen molar-refractivity contribution in [1.82, 2.24) is 4.31 Å². The van der Waals surface area contributed by atoms with Crippen LogP contribution in [0.25, 0.3) is 0 Å². The summed E-state index contributed by atoms with van der Waals surface area (Å²) >= 11 is 0. The summed E-state index contributed by atoms with van der Waals surface area (Å²) in [5.74, 6) is 0.0844. The predicted octanol–water partition coefficient (Wildman–Crippen LogP) is 4.60. The Balaban J connectivity index is 1.86. The Hall–Kier alpha value is -1.72. The first-order valence-corrected chi connectivity index (χ1v) is 10.3. The van der Waals surface area contributed by atoms with E-state index in [9.17, 15) is 12.8 Å². The van der Waals surface area contributed by atoms with Crippen LogP contribution >= 0.6 is 0 Å². The SMILES string of the molecule is O=S(=O)(c1ccccc1)N(Cc1ccc(F)cc1)CC1CCCCC1. The minimum atomic E-state index is -3.57. The van der Waals surface area contributed by atoms with E-state index in [0.29, 0.717) is 17.4 Å². The maximum absolute atomic E-state index is 13.2. The van der Waals surface area contributed by atoms with Gasteiger partial charge in [0.1, 0.15) is 5.82 Å². The Labute approximate surface area is 149 Å². The number of benzene rings is 2. The molecule has 1 aliphatic rings. The number of halogens is 1. The lowest BCUT2D eigenvalue weighted by Gasteiger charge is -2.29. The molecule has 0 atom stereocenters. The molecule has 0 heterocycles. The van der Waals surface area contributed by atoms with Gasteiger partial charge in [0.25, 0.3) is 0 Å². The summed E-state index contributed by atoms with van der Waals surface area (Å²) < 4.78 is 41.0. The fourth-order valence-electron chi connectivity index (χ4n) is 3.44. The summed E-state index contributed by atoms with van der Waals surface area (Å²) in [6.07, 6.45) is 5.72. The number of hydrogen-bond acceptors (Lipinski definition) is 2. The molecule has 1 fully saturated rings. The minimum Gasteiger partial charge on any atom is -0.207 e. The monoisotopic (exact) mass is 361 g/mol. The molecule has 3 nitrogen and oxygen atoms in total. The predicted molar refractivity (Wildman–Crippen MR) is 97.0 cm³/mol. The van der Waals surface area contributed by atoms with Crippen molar-refractivity contribution in [2.24, 2.45) is 5.92 Å². The van der Waals surface area contributed by atoms with Crippen LogP contribution in [0.4, 0.5) is 4.39 Å². The Kier molecular flexibility index (Phi) is 5.86. The molecule has 134 valence electrons. The summed E-state index contributed by atoms with van der Waals surface area (Å²) in [6, 6.07) is 14.6. The van der Waals surface area contributed by atoms with Gasteiger partial charge in [-0.3, -0.25) is 0 Å². The molecule has 1 aliphatic carbocycles. The van der Waals surface area contributed by atoms with E-state index in [0.717, 1.165) is 18.4 Å². The largest absolute Gasteiger partial charge is 0.243 e. The van der Waals surface area contributed by atoms with Crippen molar-refractivity contribution in [3.63, 3.8) is 0 Å². The van der Waals surface area contributed by atoms with Gasteiger partial charge >= 0.3 is 0 Å². The average Bonchev–Trinajstić information content (AvgIpc) is 2.64. The van der Waals surface area contributed by atoms with Gasteiger partial charge in [0.05, 0.1) is 4.90 Å². The summed E-state index contributed by atoms with van der Waals surface area (Å²) in [5.41, 5.74) is 0.803. The van der Waals surface area contributed by atoms with Crippen LogP contribution in [0.5, 0.6) is 0 Å². The fourth-order valence-corrected chi connectivity index (χ4v) is 4.97. The molecular formula is C20H24FNO2S. The van der Waals surface area contributed by atoms with Crippen molar-refractivity contribution in [3.05, 3.63) is 66.0 Å². The number of sulfonamides is 1. The van der Waals surface area contributed by atoms with Crippen molar-refractivity contribution in [3.8, 4) is 0 Å². The van der Waals surface area contributed by atoms with Crippen molar-refractivity contribution in [2.75, 3.05) is 6.54 Å². The molecule has 1 saturated carbocycles. The summed E-state index contributed by atoms with van der Waals surface area (Å²) in [6.45, 7) is 0.794. The van der Waals surface area contributed by atoms with Crippen LogP contribution in [0.1, 0.15) is 37.7 Å². The first-order valence-electron chi connectivity index (χ1n) is 8.85. The fraction of sp³-hybridized carbons (Fsp3) is 0.400. The lowest BCUT2D eigenvalue weighted by Crippen LogP contribution is -2.35. The van der Waals surface area contributed by atoms with Gasteiger partial charge in [-0.1, -0.05) is 49.6 Å². The van der Waals surface area contributed by atoms with E-state index in [1.54, 1.807) is 40.7 Å². The van der Waals surface area contributed by atoms with E-state index >= 15 is 0 Å². The molecule has 2 aromatic carbocycles. The van der Waals surface area contributed by atoms with Crippen LogP contribution in [0, 0.1) is 11.7 Å². The first-order chi connectivity index (χ1) is 12.1. The van der Waals surface area contributed by atoms with Gasteiger partial charge in [-0.05, 0) is 48.6 Å². The molecule has 3 rings (SSSR count). The highest BCUT2D eigenvalue weighted by Crippen LogP contribution is 2.27. The highest BCUT2D eigenvalue weighted by atomic mass is 32.2. The maximum atomic E-state index is 13.2. The minimum absolute atomic E-state index is 0.272. The van der Waals surface area contributed by atoms with E-state index in [4.69, 9.17) is 0 Å². The van der Waals surface area contributed by atoms with Crippen LogP contribution in [0.15, 0.2) is 59.5 Å². The Bertz CT molecular complexity index is 769. The van der Waals surface area contributed by atoms with Gasteiger partial charge in [-0.15, -0.1) is 0 Å². The molecule has 0 bridgehead atoms. The molecular weight excluding hydrogens is 337 g/mol. The smallest absolute Gasteiger partial charge is 0.207 e. The molecule has 0 spiro atoms. The van der Waals surface area contributed by atoms with E-state index in [1.165, 1.54) is 31.4 Å². The molecule has 0 N–H and O–H groups in total. The highest BCUT2D eigenvalue weighted by molar-refractivity contribution is 7.89. The van der Waals surface area contributed by atoms with Crippen LogP contribution in [0.2, 0.25) is 0 Å². The van der Waals surface area contributed by atoms with Crippen LogP contribution in [-0.4, -0.2) is 19.3 Å². The van der Waals surface area contributed by atoms with Crippen LogP contribution in [0.3, 0.4) is 0 Å². The lowest BCUT2D eigenvalue weighted by molar-refractivity contribution is 0.275. The molecule has 0 amide bonds. The molecule has 0 aliphatic heterocycles. The first kappa shape index (κ1) is 18.1. The standard InChI is InChI=1S/C20H24FNO2S/c21-19-13-11-18(12-14-19)16-22(15-17-7-3-1-4-8-17)25(23,24)20-9-5-2-6-10-20/h2,5-6,9-14,17H,1,3-4,7-8,15-16H2. The molecule has 0 unspecified atom stereocenters. The lowest BCUT2D eigenvalue weighted by atomic mass is 9.89. The maximum Gasteiger partial charge on any atom is 0.243 e. The van der Waals surface area contributed by atoms with Gasteiger partial charge in [0, 0.05) is 13.1 Å². The van der Waals surface area contributed by atoms with Gasteiger partial charge in [0.15, 0.2) is 0 Å². The van der Waals surface area contributed by atoms with Crippen LogP contribution in [-0.2, 0) is 16.6 Å². The molecule has 2 aromatic rings. The number of nitrogens with zero attached hydrogens (tertiary/aromatic N) is 1.